The highest BCUT2D eigenvalue weighted by atomic mass is 16.3. The molecule has 0 aromatic rings. The Bertz CT molecular complexity index is 115. The monoisotopic (exact) mass is 160 g/mol. The second-order valence-electron chi connectivity index (χ2n) is 2.67. The van der Waals surface area contributed by atoms with Crippen molar-refractivity contribution >= 4 is 5.91 Å². The highest BCUT2D eigenvalue weighted by molar-refractivity contribution is 5.75. The molecule has 0 saturated carbocycles. The van der Waals surface area contributed by atoms with Crippen LogP contribution in [0, 0.1) is 0 Å². The van der Waals surface area contributed by atoms with Gasteiger partial charge in [0.1, 0.15) is 0 Å². The maximum absolute atomic E-state index is 10.8. The standard InChI is InChI=1S/C7H16N2O2/c1-6(2)8-9-7(11)4-3-5-10/h6,8,10H,3-5H2,1-2H3,(H,9,11). The third-order valence-electron chi connectivity index (χ3n) is 1.06. The van der Waals surface area contributed by atoms with Crippen molar-refractivity contribution in [3.8, 4) is 0 Å². The van der Waals surface area contributed by atoms with Gasteiger partial charge < -0.3 is 5.11 Å². The van der Waals surface area contributed by atoms with E-state index in [-0.39, 0.29) is 18.6 Å². The van der Waals surface area contributed by atoms with Gasteiger partial charge in [0.25, 0.3) is 0 Å². The average Bonchev–Trinajstić information content (AvgIpc) is 1.97. The lowest BCUT2D eigenvalue weighted by Gasteiger charge is -2.08. The van der Waals surface area contributed by atoms with E-state index < -0.39 is 0 Å². The number of rotatable bonds is 5. The van der Waals surface area contributed by atoms with Gasteiger partial charge in [0.15, 0.2) is 0 Å². The first-order chi connectivity index (χ1) is 5.16. The molecule has 11 heavy (non-hydrogen) atoms. The number of carbonyl (C=O) groups excluding carboxylic acids is 1. The van der Waals surface area contributed by atoms with Gasteiger partial charge in [0, 0.05) is 19.1 Å². The number of hydrazine groups is 1. The van der Waals surface area contributed by atoms with Gasteiger partial charge in [0.2, 0.25) is 5.91 Å². The van der Waals surface area contributed by atoms with Crippen molar-refractivity contribution in [1.82, 2.24) is 10.9 Å². The third kappa shape index (κ3) is 7.29. The van der Waals surface area contributed by atoms with E-state index in [0.717, 1.165) is 0 Å². The molecule has 0 radical (unpaired) electrons. The zero-order valence-corrected chi connectivity index (χ0v) is 7.05. The smallest absolute Gasteiger partial charge is 0.234 e. The van der Waals surface area contributed by atoms with Crippen molar-refractivity contribution < 1.29 is 9.90 Å². The Morgan fingerprint density at radius 2 is 2.18 bits per heavy atom. The Morgan fingerprint density at radius 3 is 2.64 bits per heavy atom. The second kappa shape index (κ2) is 6.12. The summed E-state index contributed by atoms with van der Waals surface area (Å²) in [6.07, 6.45) is 0.891. The Labute approximate surface area is 67.0 Å². The molecular formula is C7H16N2O2. The highest BCUT2D eigenvalue weighted by Gasteiger charge is 1.99. The van der Waals surface area contributed by atoms with Gasteiger partial charge in [-0.15, -0.1) is 0 Å². The van der Waals surface area contributed by atoms with Gasteiger partial charge in [-0.05, 0) is 20.3 Å². The van der Waals surface area contributed by atoms with E-state index in [4.69, 9.17) is 5.11 Å². The summed E-state index contributed by atoms with van der Waals surface area (Å²) in [5.74, 6) is -0.0762. The molecule has 0 rings (SSSR count). The molecule has 3 N–H and O–H groups in total. The molecule has 0 unspecified atom stereocenters. The lowest BCUT2D eigenvalue weighted by Crippen LogP contribution is -2.41. The fourth-order valence-electron chi connectivity index (χ4n) is 0.527. The molecule has 0 aliphatic carbocycles. The molecule has 66 valence electrons. The minimum Gasteiger partial charge on any atom is -0.396 e. The SMILES string of the molecule is CC(C)NNC(=O)CCCO. The van der Waals surface area contributed by atoms with Crippen LogP contribution in [0.2, 0.25) is 0 Å². The summed E-state index contributed by atoms with van der Waals surface area (Å²) in [5, 5.41) is 8.39. The molecule has 0 aromatic carbocycles. The summed E-state index contributed by atoms with van der Waals surface area (Å²) in [6.45, 7) is 3.94. The molecule has 4 nitrogen and oxygen atoms in total. The lowest BCUT2D eigenvalue weighted by atomic mass is 10.3. The van der Waals surface area contributed by atoms with Crippen molar-refractivity contribution in [2.75, 3.05) is 6.61 Å². The highest BCUT2D eigenvalue weighted by Crippen LogP contribution is 1.85. The molecular weight excluding hydrogens is 144 g/mol. The maximum atomic E-state index is 10.8. The largest absolute Gasteiger partial charge is 0.396 e. The summed E-state index contributed by atoms with van der Waals surface area (Å²) < 4.78 is 0. The van der Waals surface area contributed by atoms with Crippen molar-refractivity contribution in [2.45, 2.75) is 32.7 Å². The van der Waals surface area contributed by atoms with E-state index in [1.807, 2.05) is 13.8 Å². The molecule has 0 aliphatic rings. The molecule has 0 fully saturated rings. The van der Waals surface area contributed by atoms with Gasteiger partial charge in [-0.3, -0.25) is 10.2 Å². The third-order valence-corrected chi connectivity index (χ3v) is 1.06. The van der Waals surface area contributed by atoms with Crippen LogP contribution in [0.3, 0.4) is 0 Å². The normalized spacial score (nSPS) is 10.2. The van der Waals surface area contributed by atoms with Gasteiger partial charge in [-0.25, -0.2) is 5.43 Å². The minimum absolute atomic E-state index is 0.0646. The molecule has 0 aliphatic heterocycles. The quantitative estimate of drug-likeness (QED) is 0.488. The summed E-state index contributed by atoms with van der Waals surface area (Å²) in [4.78, 5) is 10.8. The number of aliphatic hydroxyl groups excluding tert-OH is 1. The van der Waals surface area contributed by atoms with Crippen LogP contribution in [-0.2, 0) is 4.79 Å². The molecule has 0 bridgehead atoms. The molecule has 0 spiro atoms. The van der Waals surface area contributed by atoms with Crippen LogP contribution in [-0.4, -0.2) is 23.7 Å². The summed E-state index contributed by atoms with van der Waals surface area (Å²) in [7, 11) is 0. The van der Waals surface area contributed by atoms with Crippen molar-refractivity contribution in [1.29, 1.82) is 0 Å². The minimum atomic E-state index is -0.0762. The van der Waals surface area contributed by atoms with Crippen LogP contribution in [0.25, 0.3) is 0 Å². The van der Waals surface area contributed by atoms with Gasteiger partial charge in [0.05, 0.1) is 0 Å². The fraction of sp³-hybridized carbons (Fsp3) is 0.857. The van der Waals surface area contributed by atoms with Gasteiger partial charge in [-0.2, -0.15) is 0 Å². The number of hydrogen-bond acceptors (Lipinski definition) is 3. The van der Waals surface area contributed by atoms with E-state index in [1.165, 1.54) is 0 Å². The van der Waals surface area contributed by atoms with E-state index in [9.17, 15) is 4.79 Å². The molecule has 0 heterocycles. The number of aliphatic hydroxyl groups is 1. The van der Waals surface area contributed by atoms with Crippen molar-refractivity contribution in [2.24, 2.45) is 0 Å². The van der Waals surface area contributed by atoms with E-state index in [1.54, 1.807) is 0 Å². The number of amides is 1. The molecule has 4 heteroatoms. The number of hydrogen-bond donors (Lipinski definition) is 3. The predicted octanol–water partition coefficient (Wildman–Crippen LogP) is -0.212. The van der Waals surface area contributed by atoms with E-state index in [0.29, 0.717) is 12.8 Å². The Hall–Kier alpha value is -0.610. The van der Waals surface area contributed by atoms with Crippen LogP contribution in [0.5, 0.6) is 0 Å². The van der Waals surface area contributed by atoms with Gasteiger partial charge >= 0.3 is 0 Å². The molecule has 0 atom stereocenters. The zero-order chi connectivity index (χ0) is 8.69. The predicted molar refractivity (Wildman–Crippen MR) is 42.7 cm³/mol. The number of carbonyl (C=O) groups is 1. The molecule has 1 amide bonds. The number of nitrogens with one attached hydrogen (secondary N) is 2. The van der Waals surface area contributed by atoms with Gasteiger partial charge in [-0.1, -0.05) is 0 Å². The first kappa shape index (κ1) is 10.4. The van der Waals surface area contributed by atoms with E-state index in [2.05, 4.69) is 10.9 Å². The lowest BCUT2D eigenvalue weighted by molar-refractivity contribution is -0.122. The van der Waals surface area contributed by atoms with Crippen LogP contribution in [0.15, 0.2) is 0 Å². The topological polar surface area (TPSA) is 61.4 Å². The van der Waals surface area contributed by atoms with Crippen LogP contribution in [0.4, 0.5) is 0 Å². The first-order valence-electron chi connectivity index (χ1n) is 3.82. The fourth-order valence-corrected chi connectivity index (χ4v) is 0.527. The second-order valence-corrected chi connectivity index (χ2v) is 2.67. The van der Waals surface area contributed by atoms with Crippen LogP contribution < -0.4 is 10.9 Å². The van der Waals surface area contributed by atoms with Crippen LogP contribution in [0.1, 0.15) is 26.7 Å². The average molecular weight is 160 g/mol. The zero-order valence-electron chi connectivity index (χ0n) is 7.05. The van der Waals surface area contributed by atoms with Crippen LogP contribution >= 0.6 is 0 Å². The van der Waals surface area contributed by atoms with Crippen molar-refractivity contribution in [3.63, 3.8) is 0 Å². The Morgan fingerprint density at radius 1 is 1.55 bits per heavy atom. The summed E-state index contributed by atoms with van der Waals surface area (Å²) >= 11 is 0. The Kier molecular flexibility index (Phi) is 5.78. The summed E-state index contributed by atoms with van der Waals surface area (Å²) in [6, 6.07) is 0.244. The van der Waals surface area contributed by atoms with Crippen molar-refractivity contribution in [3.05, 3.63) is 0 Å². The van der Waals surface area contributed by atoms with E-state index >= 15 is 0 Å². The summed E-state index contributed by atoms with van der Waals surface area (Å²) in [5.41, 5.74) is 5.29. The Balaban J connectivity index is 3.23. The molecule has 0 saturated heterocycles. The maximum Gasteiger partial charge on any atom is 0.234 e. The molecule has 0 aromatic heterocycles. The first-order valence-corrected chi connectivity index (χ1v) is 3.82.